The molecule has 0 saturated carbocycles. The fourth-order valence-corrected chi connectivity index (χ4v) is 4.46. The number of carbonyl (C=O) groups excluding carboxylic acids is 1. The molecule has 8 heteroatoms. The number of likely N-dealkylation sites (tertiary alicyclic amines) is 1. The van der Waals surface area contributed by atoms with E-state index in [9.17, 15) is 4.79 Å². The average Bonchev–Trinajstić information content (AvgIpc) is 3.27. The van der Waals surface area contributed by atoms with Crippen LogP contribution in [-0.4, -0.2) is 58.1 Å². The molecule has 0 bridgehead atoms. The van der Waals surface area contributed by atoms with Crippen molar-refractivity contribution in [1.29, 1.82) is 0 Å². The van der Waals surface area contributed by atoms with Crippen molar-refractivity contribution in [3.05, 3.63) is 59.8 Å². The van der Waals surface area contributed by atoms with Crippen LogP contribution in [0.2, 0.25) is 0 Å². The van der Waals surface area contributed by atoms with E-state index in [0.29, 0.717) is 24.0 Å². The van der Waals surface area contributed by atoms with Crippen molar-refractivity contribution in [1.82, 2.24) is 24.8 Å². The Hall–Kier alpha value is -3.23. The second-order valence-electron chi connectivity index (χ2n) is 8.48. The molecular formula is C24H29N7O. The number of nitrogens with zero attached hydrogens (tertiary/aromatic N) is 4. The van der Waals surface area contributed by atoms with Crippen molar-refractivity contribution in [3.63, 3.8) is 0 Å². The molecular weight excluding hydrogens is 402 g/mol. The number of rotatable bonds is 5. The first-order chi connectivity index (χ1) is 15.7. The highest BCUT2D eigenvalue weighted by Crippen LogP contribution is 2.25. The van der Waals surface area contributed by atoms with E-state index >= 15 is 0 Å². The van der Waals surface area contributed by atoms with Gasteiger partial charge in [-0.05, 0) is 80.2 Å². The summed E-state index contributed by atoms with van der Waals surface area (Å²) in [5.41, 5.74) is 10.6. The lowest BCUT2D eigenvalue weighted by Gasteiger charge is -2.31. The van der Waals surface area contributed by atoms with Gasteiger partial charge in [0.25, 0.3) is 5.91 Å². The predicted octanol–water partition coefficient (Wildman–Crippen LogP) is 2.66. The lowest BCUT2D eigenvalue weighted by atomic mass is 9.96. The molecule has 1 fully saturated rings. The molecule has 32 heavy (non-hydrogen) atoms. The quantitative estimate of drug-likeness (QED) is 0.574. The first kappa shape index (κ1) is 20.7. The van der Waals surface area contributed by atoms with Gasteiger partial charge in [0.2, 0.25) is 5.95 Å². The zero-order chi connectivity index (χ0) is 21.9. The molecule has 0 aliphatic carbocycles. The maximum absolute atomic E-state index is 12.8. The van der Waals surface area contributed by atoms with Crippen molar-refractivity contribution in [2.24, 2.45) is 11.7 Å². The molecule has 1 aromatic carbocycles. The maximum Gasteiger partial charge on any atom is 0.253 e. The van der Waals surface area contributed by atoms with E-state index < -0.39 is 0 Å². The number of hydrogen-bond donors (Lipinski definition) is 3. The number of benzene rings is 1. The molecule has 0 radical (unpaired) electrons. The Labute approximate surface area is 187 Å². The molecule has 3 aromatic rings. The van der Waals surface area contributed by atoms with Gasteiger partial charge in [-0.3, -0.25) is 4.79 Å². The number of amides is 1. The molecule has 5 rings (SSSR count). The Morgan fingerprint density at radius 2 is 2.00 bits per heavy atom. The van der Waals surface area contributed by atoms with E-state index in [-0.39, 0.29) is 5.91 Å². The number of carbonyl (C=O) groups is 1. The third kappa shape index (κ3) is 4.24. The van der Waals surface area contributed by atoms with Crippen molar-refractivity contribution in [2.45, 2.75) is 19.3 Å². The summed E-state index contributed by atoms with van der Waals surface area (Å²) in [4.78, 5) is 19.5. The highest BCUT2D eigenvalue weighted by Gasteiger charge is 2.22. The summed E-state index contributed by atoms with van der Waals surface area (Å²) in [6, 6.07) is 11.6. The molecule has 1 saturated heterocycles. The van der Waals surface area contributed by atoms with Crippen LogP contribution in [0.4, 0.5) is 11.6 Å². The molecule has 0 atom stereocenters. The minimum atomic E-state index is 0.0813. The van der Waals surface area contributed by atoms with Gasteiger partial charge in [0, 0.05) is 42.6 Å². The number of fused-ring (bicyclic) bond motifs is 1. The highest BCUT2D eigenvalue weighted by molar-refractivity contribution is 5.94. The minimum Gasteiger partial charge on any atom is -0.339 e. The Morgan fingerprint density at radius 1 is 1.19 bits per heavy atom. The predicted molar refractivity (Wildman–Crippen MR) is 126 cm³/mol. The van der Waals surface area contributed by atoms with Gasteiger partial charge in [-0.15, -0.1) is 5.10 Å². The van der Waals surface area contributed by atoms with Gasteiger partial charge < -0.3 is 21.3 Å². The molecule has 8 nitrogen and oxygen atoms in total. The van der Waals surface area contributed by atoms with Crippen LogP contribution in [0.25, 0.3) is 11.2 Å². The minimum absolute atomic E-state index is 0.0813. The molecule has 2 aliphatic rings. The van der Waals surface area contributed by atoms with Crippen molar-refractivity contribution in [3.8, 4) is 0 Å². The fraction of sp³-hybridized carbons (Fsp3) is 0.375. The van der Waals surface area contributed by atoms with Crippen LogP contribution in [0.3, 0.4) is 0 Å². The van der Waals surface area contributed by atoms with Gasteiger partial charge in [-0.25, -0.2) is 4.52 Å². The monoisotopic (exact) mass is 431 g/mol. The Kier molecular flexibility index (Phi) is 5.87. The summed E-state index contributed by atoms with van der Waals surface area (Å²) in [5, 5.41) is 11.2. The van der Waals surface area contributed by atoms with E-state index in [1.807, 2.05) is 45.9 Å². The van der Waals surface area contributed by atoms with E-state index in [2.05, 4.69) is 27.9 Å². The maximum atomic E-state index is 12.8. The summed E-state index contributed by atoms with van der Waals surface area (Å²) >= 11 is 0. The first-order valence-corrected chi connectivity index (χ1v) is 11.3. The average molecular weight is 432 g/mol. The molecule has 1 amide bonds. The SMILES string of the molecule is NCC1CCN(C(=O)c2ccc(Nc3nc4c(C5=CCNCC5)cccn4n3)cc2)CC1. The molecule has 4 N–H and O–H groups in total. The Balaban J connectivity index is 1.29. The number of anilines is 2. The van der Waals surface area contributed by atoms with Crippen LogP contribution in [0.15, 0.2) is 48.7 Å². The fourth-order valence-electron chi connectivity index (χ4n) is 4.46. The second kappa shape index (κ2) is 9.10. The first-order valence-electron chi connectivity index (χ1n) is 11.3. The lowest BCUT2D eigenvalue weighted by Crippen LogP contribution is -2.40. The summed E-state index contributed by atoms with van der Waals surface area (Å²) in [7, 11) is 0. The van der Waals surface area contributed by atoms with Crippen molar-refractivity contribution in [2.75, 3.05) is 38.0 Å². The van der Waals surface area contributed by atoms with Gasteiger partial charge in [0.1, 0.15) is 0 Å². The molecule has 0 spiro atoms. The van der Waals surface area contributed by atoms with Gasteiger partial charge >= 0.3 is 0 Å². The van der Waals surface area contributed by atoms with Crippen molar-refractivity contribution < 1.29 is 4.79 Å². The van der Waals surface area contributed by atoms with Gasteiger partial charge in [-0.2, -0.15) is 4.98 Å². The summed E-state index contributed by atoms with van der Waals surface area (Å²) in [5.74, 6) is 1.16. The lowest BCUT2D eigenvalue weighted by molar-refractivity contribution is 0.0693. The highest BCUT2D eigenvalue weighted by atomic mass is 16.2. The number of hydrogen-bond acceptors (Lipinski definition) is 6. The van der Waals surface area contributed by atoms with Crippen LogP contribution in [0.5, 0.6) is 0 Å². The number of nitrogens with one attached hydrogen (secondary N) is 2. The zero-order valence-corrected chi connectivity index (χ0v) is 18.1. The van der Waals surface area contributed by atoms with Crippen molar-refractivity contribution >= 4 is 28.8 Å². The van der Waals surface area contributed by atoms with Crippen LogP contribution >= 0.6 is 0 Å². The molecule has 2 aliphatic heterocycles. The summed E-state index contributed by atoms with van der Waals surface area (Å²) in [6.07, 6.45) is 7.07. The van der Waals surface area contributed by atoms with E-state index in [1.54, 1.807) is 0 Å². The van der Waals surface area contributed by atoms with Crippen LogP contribution in [0, 0.1) is 5.92 Å². The standard InChI is InChI=1S/C24H29N7O/c25-16-17-9-14-30(15-10-17)23(32)19-3-5-20(6-4-19)27-24-28-22-21(2-1-13-31(22)29-24)18-7-11-26-12-8-18/h1-7,13,17,26H,8-12,14-16,25H2,(H,27,29). The molecule has 0 unspecified atom stereocenters. The van der Waals surface area contributed by atoms with Gasteiger partial charge in [0.15, 0.2) is 5.65 Å². The van der Waals surface area contributed by atoms with E-state index in [1.165, 1.54) is 5.57 Å². The largest absolute Gasteiger partial charge is 0.339 e. The van der Waals surface area contributed by atoms with E-state index in [4.69, 9.17) is 10.7 Å². The second-order valence-corrected chi connectivity index (χ2v) is 8.48. The van der Waals surface area contributed by atoms with E-state index in [0.717, 1.165) is 62.3 Å². The number of pyridine rings is 1. The number of nitrogens with two attached hydrogens (primary N) is 1. The smallest absolute Gasteiger partial charge is 0.253 e. The van der Waals surface area contributed by atoms with Crippen LogP contribution in [-0.2, 0) is 0 Å². The summed E-state index contributed by atoms with van der Waals surface area (Å²) in [6.45, 7) is 4.12. The normalized spacial score (nSPS) is 17.4. The molecule has 2 aromatic heterocycles. The summed E-state index contributed by atoms with van der Waals surface area (Å²) < 4.78 is 1.81. The number of aromatic nitrogens is 3. The Bertz CT molecular complexity index is 1130. The van der Waals surface area contributed by atoms with Gasteiger partial charge in [-0.1, -0.05) is 6.08 Å². The third-order valence-corrected chi connectivity index (χ3v) is 6.40. The number of piperidine rings is 1. The topological polar surface area (TPSA) is 101 Å². The molecule has 166 valence electrons. The zero-order valence-electron chi connectivity index (χ0n) is 18.1. The van der Waals surface area contributed by atoms with Crippen LogP contribution < -0.4 is 16.4 Å². The third-order valence-electron chi connectivity index (χ3n) is 6.40. The van der Waals surface area contributed by atoms with Crippen LogP contribution in [0.1, 0.15) is 35.2 Å². The Morgan fingerprint density at radius 3 is 2.72 bits per heavy atom. The molecule has 4 heterocycles. The van der Waals surface area contributed by atoms with Gasteiger partial charge in [0.05, 0.1) is 0 Å².